The molecule has 0 rings (SSSR count). The molecule has 0 N–H and O–H groups in total. The van der Waals surface area contributed by atoms with Gasteiger partial charge in [-0.15, -0.1) is 0 Å². The van der Waals surface area contributed by atoms with Crippen LogP contribution in [0, 0.1) is 0 Å². The van der Waals surface area contributed by atoms with Gasteiger partial charge in [0.15, 0.2) is 0 Å². The number of unbranched alkanes of at least 4 members (excludes halogenated alkanes) is 15. The third-order valence-corrected chi connectivity index (χ3v) is 7.18. The minimum Gasteiger partial charge on any atom is -0.465 e. The van der Waals surface area contributed by atoms with E-state index in [-0.39, 0.29) is 19.4 Å². The third kappa shape index (κ3) is 19.6. The van der Waals surface area contributed by atoms with Gasteiger partial charge < -0.3 is 13.8 Å². The molecule has 0 fully saturated rings. The van der Waals surface area contributed by atoms with Gasteiger partial charge in [0, 0.05) is 0 Å². The molecule has 0 radical (unpaired) electrons. The molecule has 0 amide bonds. The van der Waals surface area contributed by atoms with Crippen molar-refractivity contribution >= 4 is 13.6 Å². The van der Waals surface area contributed by atoms with Gasteiger partial charge in [0.1, 0.15) is 6.16 Å². The summed E-state index contributed by atoms with van der Waals surface area (Å²) >= 11 is 0. The summed E-state index contributed by atoms with van der Waals surface area (Å²) in [6, 6.07) is 0. The Morgan fingerprint density at radius 2 is 0.967 bits per heavy atom. The van der Waals surface area contributed by atoms with E-state index in [0.29, 0.717) is 6.61 Å². The predicted octanol–water partition coefficient (Wildman–Crippen LogP) is 8.06. The Labute approximate surface area is 186 Å². The summed E-state index contributed by atoms with van der Waals surface area (Å²) in [5, 5.41) is 0. The molecule has 0 saturated carbocycles. The maximum Gasteiger partial charge on any atom is 0.341 e. The average molecular weight is 449 g/mol. The van der Waals surface area contributed by atoms with Crippen molar-refractivity contribution in [3.05, 3.63) is 0 Å². The van der Waals surface area contributed by atoms with Crippen LogP contribution in [0.15, 0.2) is 0 Å². The van der Waals surface area contributed by atoms with Crippen molar-refractivity contribution in [3.8, 4) is 0 Å². The van der Waals surface area contributed by atoms with E-state index in [2.05, 4.69) is 6.92 Å². The summed E-state index contributed by atoms with van der Waals surface area (Å²) in [6.07, 6.45) is 20.7. The first-order valence-corrected chi connectivity index (χ1v) is 14.3. The van der Waals surface area contributed by atoms with Gasteiger partial charge in [-0.05, 0) is 20.3 Å². The van der Waals surface area contributed by atoms with Crippen LogP contribution in [0.25, 0.3) is 0 Å². The first kappa shape index (κ1) is 29.6. The van der Waals surface area contributed by atoms with E-state index in [0.717, 1.165) is 12.8 Å². The smallest absolute Gasteiger partial charge is 0.341 e. The SMILES string of the molecule is CCCCCCCCCCCCCCCCCCOC(=O)CP(=O)(OCC)OCC. The lowest BCUT2D eigenvalue weighted by atomic mass is 10.0. The van der Waals surface area contributed by atoms with Crippen molar-refractivity contribution in [1.29, 1.82) is 0 Å². The van der Waals surface area contributed by atoms with E-state index in [1.54, 1.807) is 13.8 Å². The number of hydrogen-bond acceptors (Lipinski definition) is 5. The fourth-order valence-electron chi connectivity index (χ4n) is 3.56. The number of hydrogen-bond donors (Lipinski definition) is 0. The normalized spacial score (nSPS) is 11.7. The summed E-state index contributed by atoms with van der Waals surface area (Å²) in [5.74, 6) is -0.499. The zero-order valence-electron chi connectivity index (χ0n) is 20.1. The van der Waals surface area contributed by atoms with Crippen LogP contribution in [0.1, 0.15) is 124 Å². The summed E-state index contributed by atoms with van der Waals surface area (Å²) in [5.41, 5.74) is 0. The molecule has 0 aromatic rings. The van der Waals surface area contributed by atoms with Crippen LogP contribution in [0.4, 0.5) is 0 Å². The van der Waals surface area contributed by atoms with Gasteiger partial charge in [-0.25, -0.2) is 0 Å². The second-order valence-corrected chi connectivity index (χ2v) is 10.2. The fourth-order valence-corrected chi connectivity index (χ4v) is 5.01. The van der Waals surface area contributed by atoms with E-state index in [1.165, 1.54) is 89.9 Å². The zero-order chi connectivity index (χ0) is 22.3. The Bertz CT molecular complexity index is 418. The van der Waals surface area contributed by atoms with Crippen LogP contribution in [-0.4, -0.2) is 32.0 Å². The number of esters is 1. The maximum atomic E-state index is 12.3. The van der Waals surface area contributed by atoms with Gasteiger partial charge in [-0.2, -0.15) is 0 Å². The van der Waals surface area contributed by atoms with Crippen molar-refractivity contribution in [2.24, 2.45) is 0 Å². The number of ether oxygens (including phenoxy) is 1. The third-order valence-electron chi connectivity index (χ3n) is 5.24. The van der Waals surface area contributed by atoms with Crippen LogP contribution in [0.3, 0.4) is 0 Å². The first-order valence-electron chi connectivity index (χ1n) is 12.6. The molecule has 180 valence electrons. The molecular formula is C24H49O5P. The minimum atomic E-state index is -3.34. The molecule has 0 spiro atoms. The van der Waals surface area contributed by atoms with E-state index in [9.17, 15) is 9.36 Å². The molecule has 0 aromatic heterocycles. The van der Waals surface area contributed by atoms with Gasteiger partial charge in [0.05, 0.1) is 19.8 Å². The lowest BCUT2D eigenvalue weighted by molar-refractivity contribution is -0.141. The van der Waals surface area contributed by atoms with Crippen molar-refractivity contribution in [3.63, 3.8) is 0 Å². The molecule has 30 heavy (non-hydrogen) atoms. The van der Waals surface area contributed by atoms with Crippen molar-refractivity contribution in [2.75, 3.05) is 26.0 Å². The molecule has 0 bridgehead atoms. The van der Waals surface area contributed by atoms with Crippen molar-refractivity contribution in [1.82, 2.24) is 0 Å². The van der Waals surface area contributed by atoms with Gasteiger partial charge in [-0.1, -0.05) is 103 Å². The molecule has 0 aliphatic rings. The van der Waals surface area contributed by atoms with E-state index >= 15 is 0 Å². The monoisotopic (exact) mass is 448 g/mol. The van der Waals surface area contributed by atoms with Crippen LogP contribution in [0.5, 0.6) is 0 Å². The molecule has 0 aliphatic carbocycles. The van der Waals surface area contributed by atoms with Gasteiger partial charge in [-0.3, -0.25) is 9.36 Å². The Kier molecular flexibility index (Phi) is 21.6. The molecule has 0 heterocycles. The molecular weight excluding hydrogens is 399 g/mol. The predicted molar refractivity (Wildman–Crippen MR) is 126 cm³/mol. The largest absolute Gasteiger partial charge is 0.465 e. The lowest BCUT2D eigenvalue weighted by Gasteiger charge is -2.16. The fraction of sp³-hybridized carbons (Fsp3) is 0.958. The van der Waals surface area contributed by atoms with Gasteiger partial charge in [0.2, 0.25) is 0 Å². The van der Waals surface area contributed by atoms with Crippen LogP contribution < -0.4 is 0 Å². The molecule has 0 saturated heterocycles. The summed E-state index contributed by atoms with van der Waals surface area (Å²) in [7, 11) is -3.34. The minimum absolute atomic E-state index is 0.254. The van der Waals surface area contributed by atoms with Crippen LogP contribution in [-0.2, 0) is 23.1 Å². The Hall–Kier alpha value is -0.380. The standard InChI is InChI=1S/C24H49O5P/c1-4-7-8-9-10-11-12-13-14-15-16-17-18-19-20-21-22-27-24(25)23-30(26,28-5-2)29-6-3/h4-23H2,1-3H3. The number of rotatable bonds is 23. The Balaban J connectivity index is 3.38. The number of carbonyl (C=O) groups excluding carboxylic acids is 1. The van der Waals surface area contributed by atoms with Crippen LogP contribution >= 0.6 is 7.60 Å². The quantitative estimate of drug-likeness (QED) is 0.0898. The summed E-state index contributed by atoms with van der Waals surface area (Å²) in [4.78, 5) is 11.8. The highest BCUT2D eigenvalue weighted by atomic mass is 31.2. The van der Waals surface area contributed by atoms with Gasteiger partial charge >= 0.3 is 13.6 Å². The average Bonchev–Trinajstić information content (AvgIpc) is 2.70. The molecule has 0 aliphatic heterocycles. The van der Waals surface area contributed by atoms with E-state index in [1.807, 2.05) is 0 Å². The van der Waals surface area contributed by atoms with Gasteiger partial charge in [0.25, 0.3) is 0 Å². The molecule has 0 atom stereocenters. The highest BCUT2D eigenvalue weighted by Gasteiger charge is 2.28. The second kappa shape index (κ2) is 21.8. The number of carbonyl (C=O) groups is 1. The maximum absolute atomic E-state index is 12.3. The molecule has 0 unspecified atom stereocenters. The molecule has 5 nitrogen and oxygen atoms in total. The zero-order valence-corrected chi connectivity index (χ0v) is 21.0. The van der Waals surface area contributed by atoms with E-state index < -0.39 is 13.6 Å². The summed E-state index contributed by atoms with van der Waals surface area (Å²) < 4.78 is 27.7. The summed E-state index contributed by atoms with van der Waals surface area (Å²) in [6.45, 7) is 6.62. The second-order valence-electron chi connectivity index (χ2n) is 8.13. The lowest BCUT2D eigenvalue weighted by Crippen LogP contribution is -2.14. The van der Waals surface area contributed by atoms with E-state index in [4.69, 9.17) is 13.8 Å². The topological polar surface area (TPSA) is 61.8 Å². The molecule has 6 heteroatoms. The van der Waals surface area contributed by atoms with Crippen molar-refractivity contribution in [2.45, 2.75) is 124 Å². The Morgan fingerprint density at radius 3 is 1.33 bits per heavy atom. The highest BCUT2D eigenvalue weighted by Crippen LogP contribution is 2.47. The van der Waals surface area contributed by atoms with Crippen molar-refractivity contribution < 1.29 is 23.1 Å². The Morgan fingerprint density at radius 1 is 0.600 bits per heavy atom. The van der Waals surface area contributed by atoms with Crippen LogP contribution in [0.2, 0.25) is 0 Å². The first-order chi connectivity index (χ1) is 14.6. The molecule has 0 aromatic carbocycles. The highest BCUT2D eigenvalue weighted by molar-refractivity contribution is 7.54.